The molecule has 0 saturated heterocycles. The predicted molar refractivity (Wildman–Crippen MR) is 91.3 cm³/mol. The molecule has 0 nitrogen and oxygen atoms in total. The van der Waals surface area contributed by atoms with Crippen LogP contribution in [0, 0.1) is 6.42 Å². The molecule has 0 aliphatic heterocycles. The molecule has 20 heavy (non-hydrogen) atoms. The molecular formula is C17H12BrCl2. The topological polar surface area (TPSA) is 0 Å². The van der Waals surface area contributed by atoms with Gasteiger partial charge in [0.15, 0.2) is 0 Å². The van der Waals surface area contributed by atoms with Crippen LogP contribution in [0.2, 0.25) is 5.02 Å². The van der Waals surface area contributed by atoms with Gasteiger partial charge in [0, 0.05) is 21.8 Å². The molecule has 0 bridgehead atoms. The minimum Gasteiger partial charge on any atom is -0.126 e. The number of rotatable bonds is 3. The summed E-state index contributed by atoms with van der Waals surface area (Å²) in [5.41, 5.74) is 6.17. The summed E-state index contributed by atoms with van der Waals surface area (Å²) in [4.78, 5) is 0. The zero-order valence-corrected chi connectivity index (χ0v) is 13.8. The molecule has 0 unspecified atom stereocenters. The summed E-state index contributed by atoms with van der Waals surface area (Å²) in [6.45, 7) is 0. The maximum absolute atomic E-state index is 6.02. The minimum atomic E-state index is 0.649. The zero-order valence-electron chi connectivity index (χ0n) is 10.7. The van der Waals surface area contributed by atoms with E-state index in [2.05, 4.69) is 52.7 Å². The Morgan fingerprint density at radius 1 is 1.05 bits per heavy atom. The first kappa shape index (κ1) is 14.2. The van der Waals surface area contributed by atoms with Crippen LogP contribution in [0.4, 0.5) is 0 Å². The average molecular weight is 367 g/mol. The van der Waals surface area contributed by atoms with Gasteiger partial charge >= 0.3 is 0 Å². The van der Waals surface area contributed by atoms with Gasteiger partial charge in [-0.2, -0.15) is 0 Å². The van der Waals surface area contributed by atoms with Gasteiger partial charge in [-0.25, -0.2) is 0 Å². The van der Waals surface area contributed by atoms with Crippen LogP contribution in [0.25, 0.3) is 17.2 Å². The summed E-state index contributed by atoms with van der Waals surface area (Å²) in [5, 5.41) is 0.734. The van der Waals surface area contributed by atoms with E-state index < -0.39 is 0 Å². The third-order valence-corrected chi connectivity index (χ3v) is 4.50. The van der Waals surface area contributed by atoms with Crippen molar-refractivity contribution in [3.63, 3.8) is 0 Å². The molecule has 0 saturated carbocycles. The molecule has 0 N–H and O–H groups in total. The molecule has 2 aromatic rings. The molecule has 101 valence electrons. The van der Waals surface area contributed by atoms with Crippen LogP contribution in [-0.4, -0.2) is 5.88 Å². The molecule has 1 radical (unpaired) electrons. The highest BCUT2D eigenvalue weighted by Gasteiger charge is 2.17. The van der Waals surface area contributed by atoms with Crippen molar-refractivity contribution in [2.24, 2.45) is 0 Å². The van der Waals surface area contributed by atoms with Gasteiger partial charge in [-0.1, -0.05) is 63.4 Å². The fraction of sp³-hybridized carbons (Fsp3) is 0.118. The Kier molecular flexibility index (Phi) is 4.21. The van der Waals surface area contributed by atoms with E-state index >= 15 is 0 Å². The SMILES string of the molecule is ClCCC1=Cc2c(cccc2-c2ccc(Cl)cc2Br)[CH]1. The van der Waals surface area contributed by atoms with Gasteiger partial charge in [0.2, 0.25) is 0 Å². The Morgan fingerprint density at radius 2 is 1.90 bits per heavy atom. The van der Waals surface area contributed by atoms with Crippen molar-refractivity contribution < 1.29 is 0 Å². The van der Waals surface area contributed by atoms with Gasteiger partial charge in [-0.15, -0.1) is 11.6 Å². The van der Waals surface area contributed by atoms with E-state index in [1.54, 1.807) is 0 Å². The zero-order chi connectivity index (χ0) is 14.1. The third-order valence-electron chi connectivity index (χ3n) is 3.41. The molecule has 0 heterocycles. The lowest BCUT2D eigenvalue weighted by molar-refractivity contribution is 1.15. The Bertz CT molecular complexity index is 689. The minimum absolute atomic E-state index is 0.649. The van der Waals surface area contributed by atoms with E-state index in [-0.39, 0.29) is 0 Å². The summed E-state index contributed by atoms with van der Waals surface area (Å²) >= 11 is 15.5. The Labute approximate surface area is 137 Å². The number of hydrogen-bond acceptors (Lipinski definition) is 0. The van der Waals surface area contributed by atoms with E-state index in [4.69, 9.17) is 23.2 Å². The lowest BCUT2D eigenvalue weighted by Gasteiger charge is -2.10. The van der Waals surface area contributed by atoms with Gasteiger partial charge in [0.05, 0.1) is 0 Å². The standard InChI is InChI=1S/C17H12BrCl2/c18-17-10-13(20)4-5-15(17)14-3-1-2-12-8-11(6-7-19)9-16(12)14/h1-5,8-10H,6-7H2. The molecule has 0 spiro atoms. The Balaban J connectivity index is 2.10. The van der Waals surface area contributed by atoms with E-state index in [0.717, 1.165) is 21.5 Å². The van der Waals surface area contributed by atoms with Gasteiger partial charge in [-0.3, -0.25) is 0 Å². The first-order valence-corrected chi connectivity index (χ1v) is 8.09. The number of allylic oxidation sites excluding steroid dienone is 1. The van der Waals surface area contributed by atoms with Crippen LogP contribution in [0.5, 0.6) is 0 Å². The fourth-order valence-electron chi connectivity index (χ4n) is 2.49. The molecule has 3 heteroatoms. The number of hydrogen-bond donors (Lipinski definition) is 0. The highest BCUT2D eigenvalue weighted by molar-refractivity contribution is 9.10. The monoisotopic (exact) mass is 365 g/mol. The van der Waals surface area contributed by atoms with Crippen LogP contribution in [0.15, 0.2) is 46.4 Å². The molecule has 0 fully saturated rings. The summed E-state index contributed by atoms with van der Waals surface area (Å²) in [7, 11) is 0. The molecule has 2 aromatic carbocycles. The normalized spacial score (nSPS) is 13.2. The second-order valence-corrected chi connectivity index (χ2v) is 6.40. The molecule has 0 aromatic heterocycles. The Hall–Kier alpha value is -0.760. The summed E-state index contributed by atoms with van der Waals surface area (Å²) < 4.78 is 1.01. The molecule has 1 aliphatic carbocycles. The van der Waals surface area contributed by atoms with Crippen LogP contribution in [0.3, 0.4) is 0 Å². The second kappa shape index (κ2) is 5.93. The lowest BCUT2D eigenvalue weighted by atomic mass is 9.97. The summed E-state index contributed by atoms with van der Waals surface area (Å²) in [6, 6.07) is 12.3. The highest BCUT2D eigenvalue weighted by Crippen LogP contribution is 2.39. The van der Waals surface area contributed by atoms with Crippen molar-refractivity contribution in [1.82, 2.24) is 0 Å². The smallest absolute Gasteiger partial charge is 0.0417 e. The number of fused-ring (bicyclic) bond motifs is 1. The van der Waals surface area contributed by atoms with E-state index in [1.807, 2.05) is 12.1 Å². The maximum atomic E-state index is 6.02. The lowest BCUT2D eigenvalue weighted by Crippen LogP contribution is -1.87. The fourth-order valence-corrected chi connectivity index (χ4v) is 3.61. The number of benzene rings is 2. The van der Waals surface area contributed by atoms with E-state index in [1.165, 1.54) is 22.3 Å². The van der Waals surface area contributed by atoms with Crippen LogP contribution < -0.4 is 0 Å². The first-order valence-electron chi connectivity index (χ1n) is 6.39. The largest absolute Gasteiger partial charge is 0.126 e. The second-order valence-electron chi connectivity index (χ2n) is 4.74. The highest BCUT2D eigenvalue weighted by atomic mass is 79.9. The van der Waals surface area contributed by atoms with Crippen molar-refractivity contribution in [3.8, 4) is 11.1 Å². The van der Waals surface area contributed by atoms with Crippen molar-refractivity contribution in [2.45, 2.75) is 6.42 Å². The van der Waals surface area contributed by atoms with E-state index in [9.17, 15) is 0 Å². The van der Waals surface area contributed by atoms with E-state index in [0.29, 0.717) is 5.88 Å². The maximum Gasteiger partial charge on any atom is 0.0417 e. The van der Waals surface area contributed by atoms with Crippen LogP contribution in [-0.2, 0) is 0 Å². The quantitative estimate of drug-likeness (QED) is 0.555. The van der Waals surface area contributed by atoms with Crippen LogP contribution >= 0.6 is 39.1 Å². The van der Waals surface area contributed by atoms with Gasteiger partial charge < -0.3 is 0 Å². The Morgan fingerprint density at radius 3 is 2.65 bits per heavy atom. The molecular weight excluding hydrogens is 355 g/mol. The van der Waals surface area contributed by atoms with Crippen molar-refractivity contribution in [3.05, 3.63) is 69.0 Å². The van der Waals surface area contributed by atoms with Gasteiger partial charge in [0.1, 0.15) is 0 Å². The summed E-state index contributed by atoms with van der Waals surface area (Å²) in [5.74, 6) is 0.649. The summed E-state index contributed by atoms with van der Waals surface area (Å²) in [6.07, 6.45) is 5.34. The molecule has 0 atom stereocenters. The first-order chi connectivity index (χ1) is 9.69. The van der Waals surface area contributed by atoms with Crippen LogP contribution in [0.1, 0.15) is 17.5 Å². The predicted octanol–water partition coefficient (Wildman–Crippen LogP) is 6.35. The molecule has 0 amide bonds. The number of alkyl halides is 1. The third kappa shape index (κ3) is 2.67. The van der Waals surface area contributed by atoms with Gasteiger partial charge in [0.25, 0.3) is 0 Å². The molecule has 1 aliphatic rings. The van der Waals surface area contributed by atoms with Gasteiger partial charge in [-0.05, 0) is 40.8 Å². The average Bonchev–Trinajstić information content (AvgIpc) is 2.82. The number of halogens is 3. The van der Waals surface area contributed by atoms with Crippen molar-refractivity contribution in [2.75, 3.05) is 5.88 Å². The van der Waals surface area contributed by atoms with Crippen molar-refractivity contribution >= 4 is 45.2 Å². The van der Waals surface area contributed by atoms with Crippen molar-refractivity contribution in [1.29, 1.82) is 0 Å². The molecule has 3 rings (SSSR count).